The van der Waals surface area contributed by atoms with E-state index in [4.69, 9.17) is 4.74 Å². The molecule has 1 rings (SSSR count). The quantitative estimate of drug-likeness (QED) is 0.663. The van der Waals surface area contributed by atoms with Crippen LogP contribution in [0.2, 0.25) is 0 Å². The molecule has 0 aliphatic heterocycles. The van der Waals surface area contributed by atoms with Gasteiger partial charge in [0.1, 0.15) is 5.75 Å². The highest BCUT2D eigenvalue weighted by molar-refractivity contribution is 5.27. The molecular weight excluding hydrogens is 226 g/mol. The third-order valence-electron chi connectivity index (χ3n) is 2.74. The molecule has 102 valence electrons. The molecular formula is C15H25NO2. The molecule has 1 aromatic carbocycles. The van der Waals surface area contributed by atoms with Gasteiger partial charge in [0.25, 0.3) is 0 Å². The minimum Gasteiger partial charge on any atom is -0.508 e. The topological polar surface area (TPSA) is 41.5 Å². The lowest BCUT2D eigenvalue weighted by molar-refractivity contribution is 0.111. The van der Waals surface area contributed by atoms with Gasteiger partial charge in [0.2, 0.25) is 0 Å². The number of phenolic OH excluding ortho intramolecular Hbond substituents is 1. The molecule has 0 saturated carbocycles. The van der Waals surface area contributed by atoms with Gasteiger partial charge in [-0.2, -0.15) is 0 Å². The number of phenols is 1. The summed E-state index contributed by atoms with van der Waals surface area (Å²) in [5.74, 6) is 0.330. The van der Waals surface area contributed by atoms with Gasteiger partial charge in [-0.15, -0.1) is 0 Å². The van der Waals surface area contributed by atoms with Crippen molar-refractivity contribution in [3.05, 3.63) is 29.8 Å². The van der Waals surface area contributed by atoms with E-state index < -0.39 is 0 Å². The Labute approximate surface area is 110 Å². The van der Waals surface area contributed by atoms with E-state index in [1.54, 1.807) is 6.07 Å². The maximum absolute atomic E-state index is 9.46. The number of nitrogens with one attached hydrogen (secondary N) is 1. The first-order chi connectivity index (χ1) is 8.76. The largest absolute Gasteiger partial charge is 0.508 e. The molecule has 1 aromatic rings. The molecule has 0 aromatic heterocycles. The molecule has 2 N–H and O–H groups in total. The Kier molecular flexibility index (Phi) is 7.46. The van der Waals surface area contributed by atoms with Gasteiger partial charge in [0.05, 0.1) is 6.61 Å². The minimum atomic E-state index is 0.318. The monoisotopic (exact) mass is 251 g/mol. The lowest BCUT2D eigenvalue weighted by atomic mass is 10.1. The smallest absolute Gasteiger partial charge is 0.115 e. The molecule has 1 unspecified atom stereocenters. The van der Waals surface area contributed by atoms with Crippen LogP contribution in [0.5, 0.6) is 5.75 Å². The third kappa shape index (κ3) is 6.03. The Hall–Kier alpha value is -1.06. The Morgan fingerprint density at radius 3 is 2.78 bits per heavy atom. The van der Waals surface area contributed by atoms with E-state index >= 15 is 0 Å². The molecule has 0 fully saturated rings. The van der Waals surface area contributed by atoms with E-state index in [1.165, 1.54) is 0 Å². The van der Waals surface area contributed by atoms with Crippen molar-refractivity contribution in [3.8, 4) is 5.75 Å². The van der Waals surface area contributed by atoms with Gasteiger partial charge in [-0.05, 0) is 43.5 Å². The average Bonchev–Trinajstić information content (AvgIpc) is 2.36. The Morgan fingerprint density at radius 1 is 1.28 bits per heavy atom. The fraction of sp³-hybridized carbons (Fsp3) is 0.600. The van der Waals surface area contributed by atoms with E-state index in [0.717, 1.165) is 44.6 Å². The highest BCUT2D eigenvalue weighted by Gasteiger charge is 2.09. The van der Waals surface area contributed by atoms with E-state index in [2.05, 4.69) is 19.2 Å². The molecule has 0 bridgehead atoms. The zero-order chi connectivity index (χ0) is 13.2. The predicted octanol–water partition coefficient (Wildman–Crippen LogP) is 2.73. The van der Waals surface area contributed by atoms with Crippen LogP contribution in [0.15, 0.2) is 24.3 Å². The molecule has 0 saturated heterocycles. The Morgan fingerprint density at radius 2 is 2.11 bits per heavy atom. The van der Waals surface area contributed by atoms with Crippen LogP contribution in [0, 0.1) is 0 Å². The summed E-state index contributed by atoms with van der Waals surface area (Å²) in [6.07, 6.45) is 3.05. The molecule has 0 amide bonds. The second-order valence-corrected chi connectivity index (χ2v) is 4.60. The number of hydrogen-bond acceptors (Lipinski definition) is 3. The normalized spacial score (nSPS) is 12.6. The minimum absolute atomic E-state index is 0.318. The van der Waals surface area contributed by atoms with Gasteiger partial charge in [-0.1, -0.05) is 26.0 Å². The van der Waals surface area contributed by atoms with Crippen LogP contribution in [0.25, 0.3) is 0 Å². The van der Waals surface area contributed by atoms with Crippen molar-refractivity contribution in [1.82, 2.24) is 5.32 Å². The van der Waals surface area contributed by atoms with Crippen LogP contribution in [0.1, 0.15) is 32.3 Å². The van der Waals surface area contributed by atoms with Crippen LogP contribution in [-0.2, 0) is 11.2 Å². The van der Waals surface area contributed by atoms with Crippen molar-refractivity contribution >= 4 is 0 Å². The van der Waals surface area contributed by atoms with Crippen LogP contribution in [-0.4, -0.2) is 30.9 Å². The summed E-state index contributed by atoms with van der Waals surface area (Å²) >= 11 is 0. The fourth-order valence-electron chi connectivity index (χ4n) is 1.88. The van der Waals surface area contributed by atoms with Crippen LogP contribution < -0.4 is 5.32 Å². The van der Waals surface area contributed by atoms with E-state index in [9.17, 15) is 5.11 Å². The number of aromatic hydroxyl groups is 1. The second-order valence-electron chi connectivity index (χ2n) is 4.60. The van der Waals surface area contributed by atoms with Crippen LogP contribution in [0.4, 0.5) is 0 Å². The van der Waals surface area contributed by atoms with Crippen molar-refractivity contribution in [2.24, 2.45) is 0 Å². The number of rotatable bonds is 9. The molecule has 0 aliphatic carbocycles. The summed E-state index contributed by atoms with van der Waals surface area (Å²) in [4.78, 5) is 0. The molecule has 18 heavy (non-hydrogen) atoms. The molecule has 3 nitrogen and oxygen atoms in total. The van der Waals surface area contributed by atoms with Crippen molar-refractivity contribution in [1.29, 1.82) is 0 Å². The van der Waals surface area contributed by atoms with Crippen LogP contribution >= 0.6 is 0 Å². The Bertz CT molecular complexity index is 328. The highest BCUT2D eigenvalue weighted by Crippen LogP contribution is 2.12. The number of benzene rings is 1. The molecule has 0 radical (unpaired) electrons. The maximum Gasteiger partial charge on any atom is 0.115 e. The van der Waals surface area contributed by atoms with Gasteiger partial charge >= 0.3 is 0 Å². The molecule has 3 heteroatoms. The number of ether oxygens (including phenoxy) is 1. The summed E-state index contributed by atoms with van der Waals surface area (Å²) in [5.41, 5.74) is 1.14. The first kappa shape index (κ1) is 15.0. The van der Waals surface area contributed by atoms with Crippen molar-refractivity contribution in [2.75, 3.05) is 19.8 Å². The molecule has 0 aliphatic rings. The van der Waals surface area contributed by atoms with E-state index in [-0.39, 0.29) is 0 Å². The lowest BCUT2D eigenvalue weighted by Gasteiger charge is -2.18. The summed E-state index contributed by atoms with van der Waals surface area (Å²) in [6, 6.07) is 7.76. The average molecular weight is 251 g/mol. The third-order valence-corrected chi connectivity index (χ3v) is 2.74. The summed E-state index contributed by atoms with van der Waals surface area (Å²) in [7, 11) is 0. The fourth-order valence-corrected chi connectivity index (χ4v) is 1.88. The number of hydrogen-bond donors (Lipinski definition) is 2. The van der Waals surface area contributed by atoms with E-state index in [1.807, 2.05) is 18.2 Å². The first-order valence-corrected chi connectivity index (χ1v) is 6.85. The predicted molar refractivity (Wildman–Crippen MR) is 75.0 cm³/mol. The molecule has 1 atom stereocenters. The van der Waals surface area contributed by atoms with Gasteiger partial charge in [-0.3, -0.25) is 0 Å². The van der Waals surface area contributed by atoms with Gasteiger partial charge in [0.15, 0.2) is 0 Å². The second kappa shape index (κ2) is 8.95. The maximum atomic E-state index is 9.46. The Balaban J connectivity index is 2.48. The van der Waals surface area contributed by atoms with Gasteiger partial charge in [0, 0.05) is 12.6 Å². The highest BCUT2D eigenvalue weighted by atomic mass is 16.5. The molecule has 0 spiro atoms. The van der Waals surface area contributed by atoms with Crippen molar-refractivity contribution in [2.45, 2.75) is 39.2 Å². The molecule has 0 heterocycles. The van der Waals surface area contributed by atoms with Gasteiger partial charge < -0.3 is 15.2 Å². The van der Waals surface area contributed by atoms with E-state index in [0.29, 0.717) is 11.8 Å². The zero-order valence-electron chi connectivity index (χ0n) is 11.5. The zero-order valence-corrected chi connectivity index (χ0v) is 11.5. The summed E-state index contributed by atoms with van der Waals surface area (Å²) < 4.78 is 5.62. The van der Waals surface area contributed by atoms with Crippen molar-refractivity contribution < 1.29 is 9.84 Å². The van der Waals surface area contributed by atoms with Crippen LogP contribution in [0.3, 0.4) is 0 Å². The van der Waals surface area contributed by atoms with Crippen molar-refractivity contribution in [3.63, 3.8) is 0 Å². The summed E-state index contributed by atoms with van der Waals surface area (Å²) in [6.45, 7) is 6.81. The summed E-state index contributed by atoms with van der Waals surface area (Å²) in [5, 5.41) is 13.0. The SMILES string of the molecule is CCCNC(COCCC)Cc1cccc(O)c1. The first-order valence-electron chi connectivity index (χ1n) is 6.85. The van der Waals surface area contributed by atoms with Gasteiger partial charge in [-0.25, -0.2) is 0 Å². The standard InChI is InChI=1S/C15H25NO2/c1-3-8-16-14(12-18-9-4-2)10-13-6-5-7-15(17)11-13/h5-7,11,14,16-17H,3-4,8-10,12H2,1-2H3. The lowest BCUT2D eigenvalue weighted by Crippen LogP contribution is -2.36.